The van der Waals surface area contributed by atoms with Crippen molar-refractivity contribution < 1.29 is 118 Å². The van der Waals surface area contributed by atoms with E-state index < -0.39 is 0 Å². The molecule has 0 spiro atoms. The number of hydrogen-bond donors (Lipinski definition) is 0. The molecule has 0 heterocycles. The van der Waals surface area contributed by atoms with Crippen LogP contribution in [0, 0.1) is 0 Å². The minimum absolute atomic E-state index is 0. The zero-order valence-corrected chi connectivity index (χ0v) is 12.5. The summed E-state index contributed by atoms with van der Waals surface area (Å²) in [6, 6.07) is 0. The van der Waals surface area contributed by atoms with E-state index in [1.165, 1.54) is 0 Å². The normalized spacial score (nSPS) is 0. The molecule has 0 aliphatic heterocycles. The van der Waals surface area contributed by atoms with Crippen molar-refractivity contribution in [2.24, 2.45) is 0 Å². The molecule has 4 heteroatoms. The van der Waals surface area contributed by atoms with Gasteiger partial charge in [-0.15, -0.1) is 0 Å². The molecule has 0 aromatic rings. The van der Waals surface area contributed by atoms with Crippen LogP contribution in [-0.2, 0) is 0 Å². The van der Waals surface area contributed by atoms with Gasteiger partial charge in [-0.05, 0) is 0 Å². The molecule has 0 aromatic heterocycles. The fourth-order valence-corrected chi connectivity index (χ4v) is 0. The average molecular weight is 333 g/mol. The van der Waals surface area contributed by atoms with E-state index in [1.54, 1.807) is 0 Å². The molecule has 4 heavy (non-hydrogen) atoms. The molecule has 0 amide bonds. The van der Waals surface area contributed by atoms with E-state index in [0.717, 1.165) is 0 Å². The van der Waals surface area contributed by atoms with Crippen LogP contribution in [0.1, 0.15) is 0 Å². The Morgan fingerprint density at radius 3 is 0.750 bits per heavy atom. The van der Waals surface area contributed by atoms with Crippen LogP contribution in [0.25, 0.3) is 0 Å². The number of halogens is 3. The van der Waals surface area contributed by atoms with Crippen LogP contribution in [0.5, 0.6) is 0 Å². The SMILES string of the molecule is [Cl-].[Cl-].[Cs+].[IH2+]. The first-order valence-corrected chi connectivity index (χ1v) is 0. The second-order valence-electron chi connectivity index (χ2n) is 0. The number of hydrogen-bond acceptors (Lipinski definition) is 0. The first kappa shape index (κ1) is 26.4. The molecule has 0 aliphatic rings. The van der Waals surface area contributed by atoms with Gasteiger partial charge in [-0.25, -0.2) is 0 Å². The van der Waals surface area contributed by atoms with E-state index in [-0.39, 0.29) is 118 Å². The second kappa shape index (κ2) is 16.2. The minimum atomic E-state index is 0. The summed E-state index contributed by atoms with van der Waals surface area (Å²) in [5, 5.41) is 0. The zero-order valence-electron chi connectivity index (χ0n) is 2.20. The average Bonchev–Trinajstić information content (AvgIpc) is 0. The molecule has 24 valence electrons. The molecule has 0 unspecified atom stereocenters. The van der Waals surface area contributed by atoms with E-state index in [4.69, 9.17) is 0 Å². The van der Waals surface area contributed by atoms with Crippen molar-refractivity contribution in [3.8, 4) is 0 Å². The molecule has 0 fully saturated rings. The van der Waals surface area contributed by atoms with Crippen LogP contribution < -0.4 is 118 Å². The van der Waals surface area contributed by atoms with Gasteiger partial charge < -0.3 is 24.8 Å². The Labute approximate surface area is 114 Å². The zero-order chi connectivity index (χ0) is 0. The second-order valence-corrected chi connectivity index (χ2v) is 0. The van der Waals surface area contributed by atoms with Crippen LogP contribution in [0.3, 0.4) is 0 Å². The van der Waals surface area contributed by atoms with E-state index in [1.807, 2.05) is 0 Å². The topological polar surface area (TPSA) is 0 Å². The summed E-state index contributed by atoms with van der Waals surface area (Å²) in [6.45, 7) is 0. The summed E-state index contributed by atoms with van der Waals surface area (Å²) < 4.78 is 0. The van der Waals surface area contributed by atoms with Crippen molar-refractivity contribution in [1.29, 1.82) is 0 Å². The Morgan fingerprint density at radius 2 is 0.750 bits per heavy atom. The van der Waals surface area contributed by atoms with E-state index in [0.29, 0.717) is 0 Å². The van der Waals surface area contributed by atoms with Crippen molar-refractivity contribution in [3.63, 3.8) is 0 Å². The summed E-state index contributed by atoms with van der Waals surface area (Å²) >= 11 is 0. The summed E-state index contributed by atoms with van der Waals surface area (Å²) in [5.41, 5.74) is 0. The molecule has 0 rings (SSSR count). The Kier molecular flexibility index (Phi) is 107. The monoisotopic (exact) mass is 332 g/mol. The van der Waals surface area contributed by atoms with Crippen molar-refractivity contribution in [3.05, 3.63) is 0 Å². The number of rotatable bonds is 0. The smallest absolute Gasteiger partial charge is 1.00 e. The van der Waals surface area contributed by atoms with E-state index in [2.05, 4.69) is 0 Å². The van der Waals surface area contributed by atoms with Gasteiger partial charge in [0.2, 0.25) is 24.0 Å². The molecule has 0 saturated heterocycles. The van der Waals surface area contributed by atoms with E-state index >= 15 is 0 Å². The third-order valence-corrected chi connectivity index (χ3v) is 0. The molecule has 0 aliphatic carbocycles. The van der Waals surface area contributed by atoms with Crippen molar-refractivity contribution in [2.45, 2.75) is 0 Å². The van der Waals surface area contributed by atoms with Crippen molar-refractivity contribution in [1.82, 2.24) is 0 Å². The fourth-order valence-electron chi connectivity index (χ4n) is 0. The van der Waals surface area contributed by atoms with Gasteiger partial charge in [0.1, 0.15) is 0 Å². The van der Waals surface area contributed by atoms with Crippen LogP contribution >= 0.6 is 0 Å². The first-order chi connectivity index (χ1) is 0. The molecule has 0 aromatic carbocycles. The van der Waals surface area contributed by atoms with Crippen LogP contribution in [0.2, 0.25) is 0 Å². The molecular weight excluding hydrogens is 331 g/mol. The maximum Gasteiger partial charge on any atom is 1.00 e. The van der Waals surface area contributed by atoms with Gasteiger partial charge in [0.25, 0.3) is 0 Å². The standard InChI is InChI=1S/2ClH.Cs.H2I/h2*1H;;1H2/q;;2*+1/p-2. The van der Waals surface area contributed by atoms with Crippen LogP contribution in [0.15, 0.2) is 0 Å². The third kappa shape index (κ3) is 9.03. The Bertz CT molecular complexity index is 6.00. The predicted octanol–water partition coefficient (Wildman–Crippen LogP) is -12.5. The molecular formula is H2Cl2CsI. The largest absolute Gasteiger partial charge is 1.00 e. The Hall–Kier alpha value is 3.36. The Morgan fingerprint density at radius 1 is 0.750 bits per heavy atom. The van der Waals surface area contributed by atoms with Gasteiger partial charge in [0, 0.05) is 0 Å². The molecule has 0 radical (unpaired) electrons. The maximum absolute atomic E-state index is 0. The summed E-state index contributed by atoms with van der Waals surface area (Å²) in [5.74, 6) is 0. The minimum Gasteiger partial charge on any atom is -1.00 e. The first-order valence-electron chi connectivity index (χ1n) is 0. The van der Waals surface area contributed by atoms with Crippen molar-refractivity contribution >= 4 is 0 Å². The van der Waals surface area contributed by atoms with Gasteiger partial charge in [0.05, 0.1) is 0 Å². The quantitative estimate of drug-likeness (QED) is 0.387. The van der Waals surface area contributed by atoms with Gasteiger partial charge in [0.15, 0.2) is 0 Å². The molecule has 0 saturated carbocycles. The van der Waals surface area contributed by atoms with Crippen molar-refractivity contribution in [2.75, 3.05) is 0 Å². The third-order valence-electron chi connectivity index (χ3n) is 0. The van der Waals surface area contributed by atoms with Crippen LogP contribution in [0.4, 0.5) is 0 Å². The molecule has 0 N–H and O–H groups in total. The van der Waals surface area contributed by atoms with E-state index in [9.17, 15) is 0 Å². The summed E-state index contributed by atoms with van der Waals surface area (Å²) in [7, 11) is 0. The Balaban J connectivity index is 0. The molecule has 0 bridgehead atoms. The summed E-state index contributed by atoms with van der Waals surface area (Å²) in [4.78, 5) is 0. The molecule has 0 atom stereocenters. The predicted molar refractivity (Wildman–Crippen MR) is 2.79 cm³/mol. The van der Waals surface area contributed by atoms with Crippen LogP contribution in [-0.4, -0.2) is 0 Å². The summed E-state index contributed by atoms with van der Waals surface area (Å²) in [6.07, 6.45) is 0. The maximum atomic E-state index is 0. The van der Waals surface area contributed by atoms with Gasteiger partial charge >= 0.3 is 68.9 Å². The van der Waals surface area contributed by atoms with Gasteiger partial charge in [-0.1, -0.05) is 0 Å². The van der Waals surface area contributed by atoms with Gasteiger partial charge in [-0.2, -0.15) is 0 Å². The van der Waals surface area contributed by atoms with Gasteiger partial charge in [-0.3, -0.25) is 0 Å². The molecule has 0 nitrogen and oxygen atoms in total. The fraction of sp³-hybridized carbons (Fsp3) is 0.